The molecule has 2 N–H and O–H groups in total. The summed E-state index contributed by atoms with van der Waals surface area (Å²) in [6.45, 7) is 0.678. The largest absolute Gasteiger partial charge is 0.493 e. The molecule has 0 saturated heterocycles. The van der Waals surface area contributed by atoms with E-state index in [9.17, 15) is 0 Å². The first kappa shape index (κ1) is 15.4. The maximum absolute atomic E-state index is 6.13. The van der Waals surface area contributed by atoms with Gasteiger partial charge in [0.05, 0.1) is 17.2 Å². The van der Waals surface area contributed by atoms with E-state index in [0.717, 1.165) is 12.0 Å². The Hall–Kier alpha value is -0.610. The molecule has 0 unspecified atom stereocenters. The van der Waals surface area contributed by atoms with Gasteiger partial charge in [0, 0.05) is 5.54 Å². The Labute approximate surface area is 121 Å². The van der Waals surface area contributed by atoms with Crippen molar-refractivity contribution >= 4 is 34.8 Å². The first-order valence-corrected chi connectivity index (χ1v) is 6.45. The van der Waals surface area contributed by atoms with Crippen molar-refractivity contribution in [3.05, 3.63) is 33.3 Å². The van der Waals surface area contributed by atoms with Gasteiger partial charge in [-0.25, -0.2) is 0 Å². The molecule has 6 heteroatoms. The lowest BCUT2D eigenvalue weighted by atomic mass is 10.1. The van der Waals surface area contributed by atoms with Crippen LogP contribution in [0, 0.1) is 0 Å². The van der Waals surface area contributed by atoms with E-state index in [-0.39, 0.29) is 6.61 Å². The molecule has 0 aliphatic rings. The summed E-state index contributed by atoms with van der Waals surface area (Å²) in [5.41, 5.74) is 7.73. The van der Waals surface area contributed by atoms with Gasteiger partial charge >= 0.3 is 0 Å². The summed E-state index contributed by atoms with van der Waals surface area (Å²) >= 11 is 17.3. The molecule has 0 saturated carbocycles. The minimum absolute atomic E-state index is 0.136. The topological polar surface area (TPSA) is 44.5 Å². The molecule has 0 aliphatic heterocycles. The van der Waals surface area contributed by atoms with Crippen LogP contribution in [0.1, 0.15) is 5.56 Å². The average molecular weight is 311 g/mol. The van der Waals surface area contributed by atoms with Crippen molar-refractivity contribution < 1.29 is 9.47 Å². The number of methoxy groups -OCH3 is 1. The molecule has 0 bridgehead atoms. The first-order valence-electron chi connectivity index (χ1n) is 5.26. The third-order valence-corrected chi connectivity index (χ3v) is 3.07. The quantitative estimate of drug-likeness (QED) is 0.874. The Balaban J connectivity index is 2.96. The van der Waals surface area contributed by atoms with Crippen molar-refractivity contribution in [2.45, 2.75) is 6.42 Å². The number of ether oxygens (including phenoxy) is 2. The molecule has 1 rings (SSSR count). The van der Waals surface area contributed by atoms with Crippen LogP contribution in [0.3, 0.4) is 0 Å². The molecule has 1 aromatic rings. The number of rotatable bonds is 6. The van der Waals surface area contributed by atoms with Crippen molar-refractivity contribution in [1.29, 1.82) is 0 Å². The Bertz CT molecular complexity index is 436. The van der Waals surface area contributed by atoms with Crippen LogP contribution >= 0.6 is 34.8 Å². The molecule has 0 spiro atoms. The zero-order valence-corrected chi connectivity index (χ0v) is 12.1. The van der Waals surface area contributed by atoms with E-state index in [1.165, 1.54) is 5.54 Å². The normalized spacial score (nSPS) is 11.5. The van der Waals surface area contributed by atoms with Crippen molar-refractivity contribution in [3.8, 4) is 11.5 Å². The summed E-state index contributed by atoms with van der Waals surface area (Å²) in [5.74, 6) is 0.988. The Morgan fingerprint density at radius 1 is 1.44 bits per heavy atom. The highest BCUT2D eigenvalue weighted by Gasteiger charge is 2.12. The molecule has 18 heavy (non-hydrogen) atoms. The predicted molar refractivity (Wildman–Crippen MR) is 76.0 cm³/mol. The second-order valence-corrected chi connectivity index (χ2v) is 4.60. The highest BCUT2D eigenvalue weighted by molar-refractivity contribution is 6.36. The number of halogens is 3. The second-order valence-electron chi connectivity index (χ2n) is 3.49. The summed E-state index contributed by atoms with van der Waals surface area (Å²) in [7, 11) is 1.55. The van der Waals surface area contributed by atoms with E-state index in [2.05, 4.69) is 0 Å². The van der Waals surface area contributed by atoms with E-state index in [1.54, 1.807) is 13.2 Å². The van der Waals surface area contributed by atoms with E-state index >= 15 is 0 Å². The van der Waals surface area contributed by atoms with Gasteiger partial charge in [0.2, 0.25) is 0 Å². The van der Waals surface area contributed by atoms with E-state index in [0.29, 0.717) is 28.1 Å². The van der Waals surface area contributed by atoms with Gasteiger partial charge in [0.15, 0.2) is 11.5 Å². The second kappa shape index (κ2) is 7.74. The molecule has 3 nitrogen and oxygen atoms in total. The number of hydrogen-bond acceptors (Lipinski definition) is 3. The summed E-state index contributed by atoms with van der Waals surface area (Å²) in [6, 6.07) is 3.64. The maximum atomic E-state index is 6.13. The average Bonchev–Trinajstić information content (AvgIpc) is 2.36. The Kier molecular flexibility index (Phi) is 6.65. The summed E-state index contributed by atoms with van der Waals surface area (Å²) in [6.07, 6.45) is 0.721. The van der Waals surface area contributed by atoms with Crippen molar-refractivity contribution in [3.63, 3.8) is 0 Å². The van der Waals surface area contributed by atoms with Gasteiger partial charge in [-0.1, -0.05) is 34.8 Å². The summed E-state index contributed by atoms with van der Waals surface area (Å²) < 4.78 is 10.7. The van der Waals surface area contributed by atoms with Crippen LogP contribution in [0.15, 0.2) is 22.7 Å². The molecule has 0 aliphatic carbocycles. The van der Waals surface area contributed by atoms with E-state index in [1.807, 2.05) is 6.07 Å². The van der Waals surface area contributed by atoms with Crippen molar-refractivity contribution in [1.82, 2.24) is 0 Å². The monoisotopic (exact) mass is 309 g/mol. The number of benzene rings is 1. The van der Waals surface area contributed by atoms with Crippen molar-refractivity contribution in [2.75, 3.05) is 20.3 Å². The highest BCUT2D eigenvalue weighted by Crippen LogP contribution is 2.36. The molecular weight excluding hydrogens is 296 g/mol. The van der Waals surface area contributed by atoms with Crippen LogP contribution in [0.4, 0.5) is 0 Å². The van der Waals surface area contributed by atoms with Gasteiger partial charge in [0.25, 0.3) is 0 Å². The lowest BCUT2D eigenvalue weighted by molar-refractivity contribution is 0.324. The predicted octanol–water partition coefficient (Wildman–Crippen LogP) is 3.55. The van der Waals surface area contributed by atoms with E-state index < -0.39 is 0 Å². The Morgan fingerprint density at radius 3 is 2.72 bits per heavy atom. The fourth-order valence-corrected chi connectivity index (χ4v) is 1.80. The number of nitrogens with two attached hydrogens (primary N) is 1. The molecule has 0 heterocycles. The van der Waals surface area contributed by atoms with Gasteiger partial charge < -0.3 is 15.2 Å². The smallest absolute Gasteiger partial charge is 0.180 e. The van der Waals surface area contributed by atoms with Crippen LogP contribution in [-0.4, -0.2) is 20.3 Å². The molecule has 100 valence electrons. The molecule has 1 aromatic carbocycles. The third-order valence-electron chi connectivity index (χ3n) is 2.20. The van der Waals surface area contributed by atoms with Gasteiger partial charge in [-0.05, 0) is 30.7 Å². The minimum atomic E-state index is 0.136. The number of hydrogen-bond donors (Lipinski definition) is 1. The van der Waals surface area contributed by atoms with Gasteiger partial charge in [-0.3, -0.25) is 0 Å². The molecule has 0 aromatic heterocycles. The van der Waals surface area contributed by atoms with Crippen molar-refractivity contribution in [2.24, 2.45) is 5.73 Å². The van der Waals surface area contributed by atoms with Crippen LogP contribution in [-0.2, 0) is 6.42 Å². The maximum Gasteiger partial charge on any atom is 0.180 e. The van der Waals surface area contributed by atoms with Gasteiger partial charge in [-0.2, -0.15) is 0 Å². The zero-order valence-electron chi connectivity index (χ0n) is 9.88. The molecule has 0 radical (unpaired) electrons. The molecule has 0 fully saturated rings. The minimum Gasteiger partial charge on any atom is -0.493 e. The summed E-state index contributed by atoms with van der Waals surface area (Å²) in [4.78, 5) is 0. The fourth-order valence-electron chi connectivity index (χ4n) is 1.40. The Morgan fingerprint density at radius 2 is 2.17 bits per heavy atom. The zero-order chi connectivity index (χ0) is 13.5. The van der Waals surface area contributed by atoms with Crippen LogP contribution < -0.4 is 15.2 Å². The molecule has 0 amide bonds. The van der Waals surface area contributed by atoms with Crippen LogP contribution in [0.25, 0.3) is 0 Å². The van der Waals surface area contributed by atoms with Crippen LogP contribution in [0.5, 0.6) is 11.5 Å². The van der Waals surface area contributed by atoms with Gasteiger partial charge in [-0.15, -0.1) is 0 Å². The van der Waals surface area contributed by atoms with E-state index in [4.69, 9.17) is 50.0 Å². The molecule has 0 atom stereocenters. The first-order chi connectivity index (χ1) is 8.62. The van der Waals surface area contributed by atoms with Gasteiger partial charge in [0.1, 0.15) is 6.61 Å². The fraction of sp³-hybridized carbons (Fsp3) is 0.333. The lowest BCUT2D eigenvalue weighted by Gasteiger charge is -2.13. The SMILES string of the molecule is COc1cc(CCN)cc(Cl)c1OCC(Cl)=CCl. The highest BCUT2D eigenvalue weighted by atomic mass is 35.5. The standard InChI is InChI=1S/C12H14Cl3NO2/c1-17-11-5-8(2-3-16)4-10(15)12(11)18-7-9(14)6-13/h4-6H,2-3,7,16H2,1H3. The third kappa shape index (κ3) is 4.25. The summed E-state index contributed by atoms with van der Waals surface area (Å²) in [5, 5.41) is 0.831. The lowest BCUT2D eigenvalue weighted by Crippen LogP contribution is -2.04. The molecular formula is C12H14Cl3NO2. The van der Waals surface area contributed by atoms with Crippen LogP contribution in [0.2, 0.25) is 5.02 Å².